The van der Waals surface area contributed by atoms with Crippen LogP contribution in [0.15, 0.2) is 42.6 Å². The molecule has 0 aliphatic carbocycles. The van der Waals surface area contributed by atoms with Crippen molar-refractivity contribution in [3.05, 3.63) is 53.9 Å². The molecule has 0 unspecified atom stereocenters. The molecule has 0 radical (unpaired) electrons. The molecule has 2 atom stereocenters. The number of carbonyl (C=O) groups is 2. The Labute approximate surface area is 210 Å². The number of pyridine rings is 1. The molecular weight excluding hydrogens is 460 g/mol. The van der Waals surface area contributed by atoms with Gasteiger partial charge in [-0.15, -0.1) is 0 Å². The van der Waals surface area contributed by atoms with Crippen molar-refractivity contribution in [2.45, 2.75) is 45.2 Å². The van der Waals surface area contributed by atoms with Crippen molar-refractivity contribution in [1.29, 1.82) is 0 Å². The molecule has 0 bridgehead atoms. The maximum absolute atomic E-state index is 13.1. The van der Waals surface area contributed by atoms with Gasteiger partial charge in [0.2, 0.25) is 5.91 Å². The van der Waals surface area contributed by atoms with E-state index in [1.54, 1.807) is 6.20 Å². The highest BCUT2D eigenvalue weighted by Crippen LogP contribution is 2.34. The number of nitrogens with one attached hydrogen (secondary N) is 2. The maximum Gasteiger partial charge on any atom is 0.356 e. The molecule has 192 valence electrons. The monoisotopic (exact) mass is 494 g/mol. The van der Waals surface area contributed by atoms with Crippen molar-refractivity contribution in [2.24, 2.45) is 5.92 Å². The molecule has 2 aromatic heterocycles. The summed E-state index contributed by atoms with van der Waals surface area (Å²) in [6.45, 7) is 3.47. The number of aryl methyl sites for hydroxylation is 2. The number of aliphatic hydroxyl groups is 1. The molecule has 1 aliphatic rings. The molecular formula is C27H34N4O5. The predicted molar refractivity (Wildman–Crippen MR) is 138 cm³/mol. The first kappa shape index (κ1) is 25.7. The van der Waals surface area contributed by atoms with E-state index in [2.05, 4.69) is 27.8 Å². The van der Waals surface area contributed by atoms with Crippen LogP contribution >= 0.6 is 0 Å². The number of aliphatic hydroxyl groups excluding tert-OH is 1. The number of hydrogen-bond donors (Lipinski definition) is 3. The fourth-order valence-electron chi connectivity index (χ4n) is 4.56. The number of benzene rings is 1. The van der Waals surface area contributed by atoms with Crippen molar-refractivity contribution >= 4 is 34.3 Å². The molecule has 1 amide bonds. The number of anilines is 2. The molecule has 0 saturated carbocycles. The van der Waals surface area contributed by atoms with Gasteiger partial charge in [-0.25, -0.2) is 9.78 Å². The fourth-order valence-corrected chi connectivity index (χ4v) is 4.56. The molecule has 3 aromatic rings. The summed E-state index contributed by atoms with van der Waals surface area (Å²) in [7, 11) is 1.34. The maximum atomic E-state index is 13.1. The molecule has 3 N–H and O–H groups in total. The summed E-state index contributed by atoms with van der Waals surface area (Å²) in [6.07, 6.45) is 4.54. The van der Waals surface area contributed by atoms with Crippen LogP contribution in [0, 0.1) is 5.92 Å². The number of hydrogen-bond acceptors (Lipinski definition) is 7. The summed E-state index contributed by atoms with van der Waals surface area (Å²) in [5.41, 5.74) is 3.23. The molecule has 1 saturated heterocycles. The molecule has 4 rings (SSSR count). The lowest BCUT2D eigenvalue weighted by Crippen LogP contribution is -2.24. The zero-order valence-electron chi connectivity index (χ0n) is 20.8. The number of aromatic nitrogens is 2. The van der Waals surface area contributed by atoms with Gasteiger partial charge in [0.1, 0.15) is 5.65 Å². The van der Waals surface area contributed by atoms with Crippen molar-refractivity contribution in [2.75, 3.05) is 37.6 Å². The largest absolute Gasteiger partial charge is 0.464 e. The Hall–Kier alpha value is -3.43. The number of carbonyl (C=O) groups excluding carboxylic acids is 2. The Bertz CT molecular complexity index is 1190. The van der Waals surface area contributed by atoms with Crippen LogP contribution in [0.5, 0.6) is 0 Å². The van der Waals surface area contributed by atoms with Crippen LogP contribution in [0.2, 0.25) is 0 Å². The zero-order chi connectivity index (χ0) is 25.5. The summed E-state index contributed by atoms with van der Waals surface area (Å²) in [5.74, 6) is -0.993. The van der Waals surface area contributed by atoms with E-state index in [1.165, 1.54) is 12.7 Å². The second-order valence-electron chi connectivity index (χ2n) is 9.16. The second kappa shape index (κ2) is 12.0. The predicted octanol–water partition coefficient (Wildman–Crippen LogP) is 3.61. The third-order valence-corrected chi connectivity index (χ3v) is 6.49. The van der Waals surface area contributed by atoms with Gasteiger partial charge in [-0.05, 0) is 44.2 Å². The number of rotatable bonds is 11. The minimum absolute atomic E-state index is 0.0240. The minimum Gasteiger partial charge on any atom is -0.464 e. The number of methoxy groups -OCH3 is 1. The van der Waals surface area contributed by atoms with Gasteiger partial charge in [0, 0.05) is 31.2 Å². The topological polar surface area (TPSA) is 115 Å². The van der Waals surface area contributed by atoms with Crippen molar-refractivity contribution in [3.8, 4) is 0 Å². The lowest BCUT2D eigenvalue weighted by molar-refractivity contribution is -0.119. The van der Waals surface area contributed by atoms with Crippen LogP contribution < -0.4 is 10.6 Å². The average molecular weight is 495 g/mol. The number of amides is 1. The Balaban J connectivity index is 1.73. The van der Waals surface area contributed by atoms with Crippen LogP contribution in [-0.4, -0.2) is 59.5 Å². The summed E-state index contributed by atoms with van der Waals surface area (Å²) < 4.78 is 12.4. The van der Waals surface area contributed by atoms with Crippen LogP contribution in [0.3, 0.4) is 0 Å². The van der Waals surface area contributed by atoms with E-state index in [1.807, 2.05) is 35.8 Å². The molecule has 0 spiro atoms. The Kier molecular flexibility index (Phi) is 8.56. The standard InChI is InChI=1S/C27H34N4O5/c1-18(10-13-32)29-21-15-22-23(30-26(33)20-11-14-36-17-20)24(27(34)35-2)31(25(22)28-16-21)12-6-9-19-7-4-3-5-8-19/h3-5,7-8,15-16,18,20,29,32H,6,9-14,17H2,1-2H3,(H,30,33)/t18-,20-/m1/s1. The van der Waals surface area contributed by atoms with E-state index in [0.717, 1.165) is 18.5 Å². The van der Waals surface area contributed by atoms with E-state index in [0.29, 0.717) is 49.3 Å². The van der Waals surface area contributed by atoms with E-state index in [-0.39, 0.29) is 30.2 Å². The third kappa shape index (κ3) is 5.85. The van der Waals surface area contributed by atoms with Crippen molar-refractivity contribution in [1.82, 2.24) is 9.55 Å². The third-order valence-electron chi connectivity index (χ3n) is 6.49. The van der Waals surface area contributed by atoms with E-state index >= 15 is 0 Å². The highest BCUT2D eigenvalue weighted by atomic mass is 16.5. The normalized spacial score (nSPS) is 16.1. The molecule has 9 nitrogen and oxygen atoms in total. The summed E-state index contributed by atoms with van der Waals surface area (Å²) in [6, 6.07) is 12.1. The lowest BCUT2D eigenvalue weighted by atomic mass is 10.1. The second-order valence-corrected chi connectivity index (χ2v) is 9.16. The average Bonchev–Trinajstić information content (AvgIpc) is 3.52. The van der Waals surface area contributed by atoms with Gasteiger partial charge in [0.15, 0.2) is 5.69 Å². The molecule has 1 aromatic carbocycles. The molecule has 1 aliphatic heterocycles. The first-order valence-electron chi connectivity index (χ1n) is 12.4. The van der Waals surface area contributed by atoms with Gasteiger partial charge in [-0.1, -0.05) is 30.3 Å². The SMILES string of the molecule is COC(=O)c1c(NC(=O)[C@@H]2CCOC2)c2cc(N[C@H](C)CCO)cnc2n1CCCc1ccccc1. The number of fused-ring (bicyclic) bond motifs is 1. The van der Waals surface area contributed by atoms with Gasteiger partial charge in [0.25, 0.3) is 0 Å². The Morgan fingerprint density at radius 1 is 1.31 bits per heavy atom. The Morgan fingerprint density at radius 3 is 2.81 bits per heavy atom. The zero-order valence-corrected chi connectivity index (χ0v) is 20.8. The molecule has 36 heavy (non-hydrogen) atoms. The molecule has 3 heterocycles. The highest BCUT2D eigenvalue weighted by Gasteiger charge is 2.29. The summed E-state index contributed by atoms with van der Waals surface area (Å²) in [5, 5.41) is 16.2. The fraction of sp³-hybridized carbons (Fsp3) is 0.444. The van der Waals surface area contributed by atoms with Gasteiger partial charge >= 0.3 is 5.97 Å². The van der Waals surface area contributed by atoms with Crippen LogP contribution in [0.4, 0.5) is 11.4 Å². The van der Waals surface area contributed by atoms with Crippen LogP contribution in [0.1, 0.15) is 42.2 Å². The molecule has 1 fully saturated rings. The van der Waals surface area contributed by atoms with Crippen molar-refractivity contribution in [3.63, 3.8) is 0 Å². The lowest BCUT2D eigenvalue weighted by Gasteiger charge is -2.14. The number of nitrogens with zero attached hydrogens (tertiary/aromatic N) is 2. The van der Waals surface area contributed by atoms with E-state index in [4.69, 9.17) is 9.47 Å². The van der Waals surface area contributed by atoms with Gasteiger partial charge in [-0.2, -0.15) is 0 Å². The Morgan fingerprint density at radius 2 is 2.11 bits per heavy atom. The van der Waals surface area contributed by atoms with Crippen LogP contribution in [0.25, 0.3) is 11.0 Å². The first-order chi connectivity index (χ1) is 17.5. The summed E-state index contributed by atoms with van der Waals surface area (Å²) in [4.78, 5) is 30.8. The first-order valence-corrected chi connectivity index (χ1v) is 12.4. The van der Waals surface area contributed by atoms with Crippen LogP contribution in [-0.2, 0) is 27.2 Å². The highest BCUT2D eigenvalue weighted by molar-refractivity contribution is 6.11. The quantitative estimate of drug-likeness (QED) is 0.349. The van der Waals surface area contributed by atoms with E-state index < -0.39 is 5.97 Å². The van der Waals surface area contributed by atoms with Crippen molar-refractivity contribution < 1.29 is 24.2 Å². The van der Waals surface area contributed by atoms with Gasteiger partial charge in [0.05, 0.1) is 37.2 Å². The van der Waals surface area contributed by atoms with Gasteiger partial charge in [-0.3, -0.25) is 4.79 Å². The molecule has 9 heteroatoms. The number of esters is 1. The minimum atomic E-state index is -0.533. The smallest absolute Gasteiger partial charge is 0.356 e. The number of ether oxygens (including phenoxy) is 2. The summed E-state index contributed by atoms with van der Waals surface area (Å²) >= 11 is 0. The van der Waals surface area contributed by atoms with Gasteiger partial charge < -0.3 is 29.8 Å². The van der Waals surface area contributed by atoms with E-state index in [9.17, 15) is 14.7 Å².